The number of aliphatic imine (C=N–C) groups is 1. The van der Waals surface area contributed by atoms with Gasteiger partial charge < -0.3 is 16.0 Å². The van der Waals surface area contributed by atoms with Crippen LogP contribution in [0.4, 0.5) is 20.2 Å². The molecular formula is C21H26F2N4. The first-order chi connectivity index (χ1) is 13.2. The summed E-state index contributed by atoms with van der Waals surface area (Å²) in [4.78, 5) is 4.59. The Kier molecular flexibility index (Phi) is 6.06. The topological polar surface area (TPSA) is 48.5 Å². The van der Waals surface area contributed by atoms with Crippen LogP contribution < -0.4 is 16.0 Å². The van der Waals surface area contributed by atoms with Crippen molar-refractivity contribution >= 4 is 17.2 Å². The SMILES string of the molecule is CC.Fc1cccc(F)c1CN=C1Nc2ccccc2NC12CCNCC2. The van der Waals surface area contributed by atoms with Crippen molar-refractivity contribution in [3.8, 4) is 0 Å². The lowest BCUT2D eigenvalue weighted by atomic mass is 9.84. The standard InChI is InChI=1S/C19H20F2N4.C2H6/c20-14-4-3-5-15(21)13(14)12-23-18-19(8-10-22-11-9-19)25-17-7-2-1-6-16(17)24-18;1-2/h1-7,22,25H,8-12H2,(H,23,24);1-2H3. The van der Waals surface area contributed by atoms with Gasteiger partial charge in [0.05, 0.1) is 23.5 Å². The third-order valence-electron chi connectivity index (χ3n) is 4.92. The van der Waals surface area contributed by atoms with Crippen molar-refractivity contribution in [1.82, 2.24) is 5.32 Å². The number of amidine groups is 1. The van der Waals surface area contributed by atoms with Crippen LogP contribution in [0, 0.1) is 11.6 Å². The van der Waals surface area contributed by atoms with Crippen molar-refractivity contribution in [1.29, 1.82) is 0 Å². The Balaban J connectivity index is 0.00000102. The molecule has 0 radical (unpaired) electrons. The zero-order valence-corrected chi connectivity index (χ0v) is 15.8. The Hall–Kier alpha value is -2.47. The average molecular weight is 372 g/mol. The van der Waals surface area contributed by atoms with Crippen LogP contribution in [0.1, 0.15) is 32.3 Å². The van der Waals surface area contributed by atoms with E-state index in [1.165, 1.54) is 18.2 Å². The largest absolute Gasteiger partial charge is 0.371 e. The fourth-order valence-electron chi connectivity index (χ4n) is 3.51. The third kappa shape index (κ3) is 3.95. The normalized spacial score (nSPS) is 18.7. The van der Waals surface area contributed by atoms with Gasteiger partial charge in [-0.15, -0.1) is 0 Å². The number of piperidine rings is 1. The van der Waals surface area contributed by atoms with Gasteiger partial charge >= 0.3 is 0 Å². The fourth-order valence-corrected chi connectivity index (χ4v) is 3.51. The highest BCUT2D eigenvalue weighted by Crippen LogP contribution is 2.35. The van der Waals surface area contributed by atoms with E-state index >= 15 is 0 Å². The van der Waals surface area contributed by atoms with Crippen molar-refractivity contribution in [3.63, 3.8) is 0 Å². The predicted octanol–water partition coefficient (Wildman–Crippen LogP) is 4.55. The molecule has 0 saturated carbocycles. The summed E-state index contributed by atoms with van der Waals surface area (Å²) in [6, 6.07) is 11.8. The van der Waals surface area contributed by atoms with Crippen LogP contribution in [0.25, 0.3) is 0 Å². The van der Waals surface area contributed by atoms with Crippen molar-refractivity contribution in [2.24, 2.45) is 4.99 Å². The van der Waals surface area contributed by atoms with E-state index in [1.54, 1.807) is 0 Å². The van der Waals surface area contributed by atoms with Crippen LogP contribution in [-0.2, 0) is 6.54 Å². The molecule has 4 rings (SSSR count). The second-order valence-corrected chi connectivity index (χ2v) is 6.49. The van der Waals surface area contributed by atoms with Crippen LogP contribution in [0.2, 0.25) is 0 Å². The Morgan fingerprint density at radius 2 is 1.56 bits per heavy atom. The average Bonchev–Trinajstić information content (AvgIpc) is 2.70. The van der Waals surface area contributed by atoms with Gasteiger partial charge in [0.1, 0.15) is 17.5 Å². The van der Waals surface area contributed by atoms with Crippen LogP contribution >= 0.6 is 0 Å². The molecule has 0 amide bonds. The fraction of sp³-hybridized carbons (Fsp3) is 0.381. The first-order valence-corrected chi connectivity index (χ1v) is 9.51. The smallest absolute Gasteiger partial charge is 0.131 e. The summed E-state index contributed by atoms with van der Waals surface area (Å²) in [5.74, 6) is -0.379. The molecule has 2 aliphatic heterocycles. The summed E-state index contributed by atoms with van der Waals surface area (Å²) in [6.45, 7) is 5.70. The zero-order valence-electron chi connectivity index (χ0n) is 15.8. The first-order valence-electron chi connectivity index (χ1n) is 9.51. The monoisotopic (exact) mass is 372 g/mol. The molecule has 1 saturated heterocycles. The first kappa shape index (κ1) is 19.3. The molecule has 2 aromatic carbocycles. The maximum absolute atomic E-state index is 13.9. The molecule has 3 N–H and O–H groups in total. The summed E-state index contributed by atoms with van der Waals surface area (Å²) >= 11 is 0. The minimum Gasteiger partial charge on any atom is -0.371 e. The Morgan fingerprint density at radius 1 is 0.926 bits per heavy atom. The summed E-state index contributed by atoms with van der Waals surface area (Å²) in [7, 11) is 0. The molecule has 1 spiro atoms. The van der Waals surface area contributed by atoms with Gasteiger partial charge in [-0.3, -0.25) is 4.99 Å². The maximum atomic E-state index is 13.9. The molecule has 2 heterocycles. The van der Waals surface area contributed by atoms with Crippen molar-refractivity contribution in [2.75, 3.05) is 23.7 Å². The second kappa shape index (κ2) is 8.48. The lowest BCUT2D eigenvalue weighted by molar-refractivity contribution is 0.419. The molecule has 6 heteroatoms. The van der Waals surface area contributed by atoms with Gasteiger partial charge in [0, 0.05) is 5.56 Å². The Bertz CT molecular complexity index is 793. The number of fused-ring (bicyclic) bond motifs is 1. The number of halogens is 2. The van der Waals surface area contributed by atoms with Crippen LogP contribution in [0.5, 0.6) is 0 Å². The van der Waals surface area contributed by atoms with E-state index in [-0.39, 0.29) is 17.6 Å². The number of rotatable bonds is 2. The van der Waals surface area contributed by atoms with Gasteiger partial charge in [-0.25, -0.2) is 8.78 Å². The van der Waals surface area contributed by atoms with Crippen molar-refractivity contribution in [3.05, 3.63) is 59.7 Å². The molecule has 27 heavy (non-hydrogen) atoms. The number of hydrogen-bond acceptors (Lipinski definition) is 3. The second-order valence-electron chi connectivity index (χ2n) is 6.49. The highest BCUT2D eigenvalue weighted by atomic mass is 19.1. The molecule has 1 fully saturated rings. The van der Waals surface area contributed by atoms with Crippen LogP contribution in [-0.4, -0.2) is 24.5 Å². The van der Waals surface area contributed by atoms with Gasteiger partial charge in [-0.1, -0.05) is 32.0 Å². The quantitative estimate of drug-likeness (QED) is 0.725. The molecule has 0 atom stereocenters. The minimum atomic E-state index is -0.562. The lowest BCUT2D eigenvalue weighted by Gasteiger charge is -2.44. The predicted molar refractivity (Wildman–Crippen MR) is 107 cm³/mol. The minimum absolute atomic E-state index is 0.000238. The highest BCUT2D eigenvalue weighted by molar-refractivity contribution is 6.09. The van der Waals surface area contributed by atoms with E-state index in [4.69, 9.17) is 0 Å². The Morgan fingerprint density at radius 3 is 2.22 bits per heavy atom. The maximum Gasteiger partial charge on any atom is 0.131 e. The number of benzene rings is 2. The molecule has 0 aliphatic carbocycles. The van der Waals surface area contributed by atoms with Gasteiger partial charge in [0.15, 0.2) is 0 Å². The molecule has 0 aromatic heterocycles. The van der Waals surface area contributed by atoms with Crippen molar-refractivity contribution in [2.45, 2.75) is 38.8 Å². The summed E-state index contributed by atoms with van der Waals surface area (Å²) < 4.78 is 27.8. The lowest BCUT2D eigenvalue weighted by Crippen LogP contribution is -2.57. The van der Waals surface area contributed by atoms with Gasteiger partial charge in [0.2, 0.25) is 0 Å². The van der Waals surface area contributed by atoms with Crippen molar-refractivity contribution < 1.29 is 8.78 Å². The number of nitrogens with zero attached hydrogens (tertiary/aromatic N) is 1. The molecule has 2 aromatic rings. The van der Waals surface area contributed by atoms with Gasteiger partial charge in [-0.2, -0.15) is 0 Å². The van der Waals surface area contributed by atoms with Crippen LogP contribution in [0.15, 0.2) is 47.5 Å². The van der Waals surface area contributed by atoms with E-state index in [2.05, 4.69) is 20.9 Å². The Labute approximate surface area is 159 Å². The third-order valence-corrected chi connectivity index (χ3v) is 4.92. The number of anilines is 2. The zero-order chi connectivity index (χ0) is 19.3. The summed E-state index contributed by atoms with van der Waals surface area (Å²) in [6.07, 6.45) is 1.71. The number of para-hydroxylation sites is 2. The molecule has 144 valence electrons. The molecular weight excluding hydrogens is 346 g/mol. The van der Waals surface area contributed by atoms with Gasteiger partial charge in [0.25, 0.3) is 0 Å². The molecule has 0 bridgehead atoms. The van der Waals surface area contributed by atoms with E-state index in [0.717, 1.165) is 43.1 Å². The molecule has 4 nitrogen and oxygen atoms in total. The van der Waals surface area contributed by atoms with E-state index in [0.29, 0.717) is 0 Å². The summed E-state index contributed by atoms with van der Waals surface area (Å²) in [5.41, 5.74) is 1.63. The van der Waals surface area contributed by atoms with Gasteiger partial charge in [-0.05, 0) is 50.2 Å². The van der Waals surface area contributed by atoms with E-state index in [9.17, 15) is 8.78 Å². The van der Waals surface area contributed by atoms with Crippen LogP contribution in [0.3, 0.4) is 0 Å². The molecule has 2 aliphatic rings. The van der Waals surface area contributed by atoms with E-state index in [1.807, 2.05) is 38.1 Å². The van der Waals surface area contributed by atoms with E-state index < -0.39 is 11.6 Å². The number of hydrogen-bond donors (Lipinski definition) is 3. The summed E-state index contributed by atoms with van der Waals surface area (Å²) in [5, 5.41) is 10.3. The number of nitrogens with one attached hydrogen (secondary N) is 3. The molecule has 0 unspecified atom stereocenters. The highest BCUT2D eigenvalue weighted by Gasteiger charge is 2.40.